The Bertz CT molecular complexity index is 475. The molecule has 0 fully saturated rings. The summed E-state index contributed by atoms with van der Waals surface area (Å²) in [6, 6.07) is 10.2. The lowest BCUT2D eigenvalue weighted by atomic mass is 10.1. The fourth-order valence-electron chi connectivity index (χ4n) is 1.59. The summed E-state index contributed by atoms with van der Waals surface area (Å²) in [5, 5.41) is 3.01. The second-order valence-corrected chi connectivity index (χ2v) is 5.00. The fraction of sp³-hybridized carbons (Fsp3) is 0.286. The van der Waals surface area contributed by atoms with Gasteiger partial charge in [-0.3, -0.25) is 0 Å². The Labute approximate surface area is 106 Å². The minimum atomic E-state index is 0.119. The SMILES string of the molecule is CCC(N)c1ccc(Oc2cc(C)cs2)cc1. The fourth-order valence-corrected chi connectivity index (χ4v) is 2.36. The van der Waals surface area contributed by atoms with Crippen LogP contribution in [0.15, 0.2) is 35.7 Å². The summed E-state index contributed by atoms with van der Waals surface area (Å²) < 4.78 is 5.75. The molecule has 17 heavy (non-hydrogen) atoms. The van der Waals surface area contributed by atoms with E-state index in [1.807, 2.05) is 30.3 Å². The molecule has 2 rings (SSSR count). The van der Waals surface area contributed by atoms with Crippen LogP contribution in [0.1, 0.15) is 30.5 Å². The summed E-state index contributed by atoms with van der Waals surface area (Å²) in [5.41, 5.74) is 8.35. The van der Waals surface area contributed by atoms with Crippen molar-refractivity contribution >= 4 is 11.3 Å². The smallest absolute Gasteiger partial charge is 0.181 e. The van der Waals surface area contributed by atoms with Crippen molar-refractivity contribution in [2.75, 3.05) is 0 Å². The molecule has 1 atom stereocenters. The van der Waals surface area contributed by atoms with Crippen LogP contribution >= 0.6 is 11.3 Å². The molecule has 2 aromatic rings. The molecule has 2 N–H and O–H groups in total. The Hall–Kier alpha value is -1.32. The Balaban J connectivity index is 2.08. The van der Waals surface area contributed by atoms with Gasteiger partial charge in [0.25, 0.3) is 0 Å². The maximum absolute atomic E-state index is 5.96. The van der Waals surface area contributed by atoms with Crippen LogP contribution in [-0.2, 0) is 0 Å². The molecule has 90 valence electrons. The molecule has 1 aromatic carbocycles. The molecular weight excluding hydrogens is 230 g/mol. The lowest BCUT2D eigenvalue weighted by Crippen LogP contribution is -2.07. The molecule has 0 aliphatic rings. The van der Waals surface area contributed by atoms with Crippen molar-refractivity contribution in [2.45, 2.75) is 26.3 Å². The van der Waals surface area contributed by atoms with Crippen LogP contribution in [0.4, 0.5) is 0 Å². The van der Waals surface area contributed by atoms with Gasteiger partial charge in [0.1, 0.15) is 5.75 Å². The van der Waals surface area contributed by atoms with E-state index in [0.717, 1.165) is 22.8 Å². The monoisotopic (exact) mass is 247 g/mol. The van der Waals surface area contributed by atoms with Crippen molar-refractivity contribution in [2.24, 2.45) is 5.73 Å². The van der Waals surface area contributed by atoms with Crippen LogP contribution in [0.25, 0.3) is 0 Å². The van der Waals surface area contributed by atoms with E-state index in [1.54, 1.807) is 11.3 Å². The van der Waals surface area contributed by atoms with E-state index in [9.17, 15) is 0 Å². The van der Waals surface area contributed by atoms with Crippen LogP contribution in [0.3, 0.4) is 0 Å². The van der Waals surface area contributed by atoms with Gasteiger partial charge in [-0.25, -0.2) is 0 Å². The molecule has 0 radical (unpaired) electrons. The summed E-state index contributed by atoms with van der Waals surface area (Å²) >= 11 is 1.61. The van der Waals surface area contributed by atoms with Gasteiger partial charge in [0.05, 0.1) is 0 Å². The van der Waals surface area contributed by atoms with E-state index in [0.29, 0.717) is 0 Å². The summed E-state index contributed by atoms with van der Waals surface area (Å²) in [6.07, 6.45) is 0.949. The molecule has 1 heterocycles. The average Bonchev–Trinajstić information content (AvgIpc) is 2.75. The Morgan fingerprint density at radius 2 is 2.00 bits per heavy atom. The summed E-state index contributed by atoms with van der Waals surface area (Å²) in [4.78, 5) is 0. The van der Waals surface area contributed by atoms with Gasteiger partial charge >= 0.3 is 0 Å². The predicted molar refractivity (Wildman–Crippen MR) is 72.8 cm³/mol. The topological polar surface area (TPSA) is 35.2 Å². The predicted octanol–water partition coefficient (Wildman–Crippen LogP) is 4.26. The second kappa shape index (κ2) is 5.34. The third-order valence-corrected chi connectivity index (χ3v) is 3.60. The van der Waals surface area contributed by atoms with Gasteiger partial charge in [-0.05, 0) is 48.1 Å². The van der Waals surface area contributed by atoms with E-state index in [-0.39, 0.29) is 6.04 Å². The summed E-state index contributed by atoms with van der Waals surface area (Å²) in [6.45, 7) is 4.15. The lowest BCUT2D eigenvalue weighted by Gasteiger charge is -2.09. The van der Waals surface area contributed by atoms with Gasteiger partial charge in [0, 0.05) is 6.04 Å². The zero-order valence-electron chi connectivity index (χ0n) is 10.1. The normalized spacial score (nSPS) is 12.4. The number of nitrogens with two attached hydrogens (primary N) is 1. The molecule has 3 heteroatoms. The molecule has 0 aliphatic carbocycles. The molecule has 1 unspecified atom stereocenters. The Kier molecular flexibility index (Phi) is 3.82. The largest absolute Gasteiger partial charge is 0.447 e. The molecule has 2 nitrogen and oxygen atoms in total. The third kappa shape index (κ3) is 3.08. The third-order valence-electron chi connectivity index (χ3n) is 2.67. The van der Waals surface area contributed by atoms with E-state index < -0.39 is 0 Å². The standard InChI is InChI=1S/C14H17NOS/c1-3-13(15)11-4-6-12(7-5-11)16-14-8-10(2)9-17-14/h4-9,13H,3,15H2,1-2H3. The minimum absolute atomic E-state index is 0.119. The number of thiophene rings is 1. The molecule has 0 saturated heterocycles. The number of hydrogen-bond acceptors (Lipinski definition) is 3. The van der Waals surface area contributed by atoms with E-state index in [1.165, 1.54) is 5.56 Å². The van der Waals surface area contributed by atoms with Gasteiger partial charge < -0.3 is 10.5 Å². The highest BCUT2D eigenvalue weighted by Crippen LogP contribution is 2.29. The van der Waals surface area contributed by atoms with Crippen molar-refractivity contribution in [3.8, 4) is 10.8 Å². The highest BCUT2D eigenvalue weighted by molar-refractivity contribution is 7.12. The Morgan fingerprint density at radius 3 is 2.53 bits per heavy atom. The van der Waals surface area contributed by atoms with Crippen molar-refractivity contribution in [1.82, 2.24) is 0 Å². The van der Waals surface area contributed by atoms with Gasteiger partial charge in [-0.2, -0.15) is 0 Å². The quantitative estimate of drug-likeness (QED) is 0.876. The highest BCUT2D eigenvalue weighted by atomic mass is 32.1. The molecule has 0 amide bonds. The number of ether oxygens (including phenoxy) is 1. The van der Waals surface area contributed by atoms with Crippen LogP contribution < -0.4 is 10.5 Å². The number of hydrogen-bond donors (Lipinski definition) is 1. The number of benzene rings is 1. The first-order chi connectivity index (χ1) is 8.19. The van der Waals surface area contributed by atoms with E-state index in [2.05, 4.69) is 19.2 Å². The first-order valence-corrected chi connectivity index (χ1v) is 6.65. The second-order valence-electron chi connectivity index (χ2n) is 4.13. The highest BCUT2D eigenvalue weighted by Gasteiger charge is 2.04. The summed E-state index contributed by atoms with van der Waals surface area (Å²) in [7, 11) is 0. The van der Waals surface area contributed by atoms with Crippen LogP contribution in [0.2, 0.25) is 0 Å². The lowest BCUT2D eigenvalue weighted by molar-refractivity contribution is 0.496. The molecule has 0 aliphatic heterocycles. The van der Waals surface area contributed by atoms with E-state index in [4.69, 9.17) is 10.5 Å². The van der Waals surface area contributed by atoms with Gasteiger partial charge in [-0.15, -0.1) is 11.3 Å². The molecule has 0 saturated carbocycles. The molecule has 0 bridgehead atoms. The zero-order valence-corrected chi connectivity index (χ0v) is 11.0. The average molecular weight is 247 g/mol. The maximum Gasteiger partial charge on any atom is 0.181 e. The Morgan fingerprint density at radius 1 is 1.29 bits per heavy atom. The first kappa shape index (κ1) is 12.1. The molecule has 0 spiro atoms. The van der Waals surface area contributed by atoms with Gasteiger partial charge in [-0.1, -0.05) is 19.1 Å². The van der Waals surface area contributed by atoms with Crippen molar-refractivity contribution in [3.63, 3.8) is 0 Å². The van der Waals surface area contributed by atoms with Crippen LogP contribution in [0.5, 0.6) is 10.8 Å². The van der Waals surface area contributed by atoms with Crippen molar-refractivity contribution < 1.29 is 4.74 Å². The summed E-state index contributed by atoms with van der Waals surface area (Å²) in [5.74, 6) is 0.860. The molecular formula is C14H17NOS. The van der Waals surface area contributed by atoms with Gasteiger partial charge in [0.2, 0.25) is 0 Å². The maximum atomic E-state index is 5.96. The van der Waals surface area contributed by atoms with Gasteiger partial charge in [0.15, 0.2) is 5.06 Å². The van der Waals surface area contributed by atoms with Crippen LogP contribution in [0, 0.1) is 6.92 Å². The van der Waals surface area contributed by atoms with Crippen LogP contribution in [-0.4, -0.2) is 0 Å². The zero-order chi connectivity index (χ0) is 12.3. The van der Waals surface area contributed by atoms with Crippen molar-refractivity contribution in [3.05, 3.63) is 46.8 Å². The number of rotatable bonds is 4. The number of aryl methyl sites for hydroxylation is 1. The minimum Gasteiger partial charge on any atom is -0.447 e. The molecule has 1 aromatic heterocycles. The van der Waals surface area contributed by atoms with E-state index >= 15 is 0 Å². The first-order valence-electron chi connectivity index (χ1n) is 5.77. The van der Waals surface area contributed by atoms with Crippen molar-refractivity contribution in [1.29, 1.82) is 0 Å².